The van der Waals surface area contributed by atoms with E-state index in [1.807, 2.05) is 30.3 Å². The Bertz CT molecular complexity index is 778. The lowest BCUT2D eigenvalue weighted by atomic mass is 10.2. The molecule has 0 atom stereocenters. The number of halogens is 1. The number of carbonyl (C=O) groups excluding carboxylic acids is 2. The average Bonchev–Trinajstić information content (AvgIpc) is 2.60. The van der Waals surface area contributed by atoms with Gasteiger partial charge in [-0.1, -0.05) is 34.1 Å². The number of hydrogen-bond donors (Lipinski definition) is 2. The van der Waals surface area contributed by atoms with Crippen LogP contribution in [0.5, 0.6) is 5.75 Å². The van der Waals surface area contributed by atoms with E-state index >= 15 is 0 Å². The van der Waals surface area contributed by atoms with Crippen LogP contribution in [0.3, 0.4) is 0 Å². The molecule has 0 fully saturated rings. The molecule has 0 radical (unpaired) electrons. The summed E-state index contributed by atoms with van der Waals surface area (Å²) in [5.74, 6) is 0.146. The molecule has 0 unspecified atom stereocenters. The van der Waals surface area contributed by atoms with Crippen molar-refractivity contribution in [1.29, 1.82) is 0 Å². The molecule has 0 aromatic heterocycles. The second-order valence-corrected chi connectivity index (χ2v) is 6.04. The van der Waals surface area contributed by atoms with Crippen molar-refractivity contribution in [2.45, 2.75) is 12.8 Å². The van der Waals surface area contributed by atoms with E-state index < -0.39 is 0 Å². The smallest absolute Gasteiger partial charge is 0.240 e. The Morgan fingerprint density at radius 1 is 1.12 bits per heavy atom. The Labute approximate surface area is 154 Å². The van der Waals surface area contributed by atoms with Gasteiger partial charge < -0.3 is 10.1 Å². The molecule has 2 aromatic rings. The molecule has 0 aliphatic heterocycles. The average molecular weight is 404 g/mol. The normalized spacial score (nSPS) is 10.5. The molecule has 2 N–H and O–H groups in total. The third kappa shape index (κ3) is 6.76. The maximum absolute atomic E-state index is 11.8. The molecule has 25 heavy (non-hydrogen) atoms. The molecule has 0 aliphatic carbocycles. The molecule has 2 amide bonds. The molecular weight excluding hydrogens is 386 g/mol. The molecule has 0 saturated heterocycles. The molecule has 0 saturated carbocycles. The van der Waals surface area contributed by atoms with Gasteiger partial charge in [-0.25, -0.2) is 5.43 Å². The highest BCUT2D eigenvalue weighted by Crippen LogP contribution is 2.15. The maximum atomic E-state index is 11.8. The van der Waals surface area contributed by atoms with Crippen LogP contribution < -0.4 is 15.5 Å². The zero-order valence-corrected chi connectivity index (χ0v) is 15.2. The molecule has 6 nitrogen and oxygen atoms in total. The maximum Gasteiger partial charge on any atom is 0.240 e. The number of nitrogens with one attached hydrogen (secondary N) is 2. The summed E-state index contributed by atoms with van der Waals surface area (Å²) in [6.45, 7) is 0. The monoisotopic (exact) mass is 403 g/mol. The van der Waals surface area contributed by atoms with Gasteiger partial charge >= 0.3 is 0 Å². The summed E-state index contributed by atoms with van der Waals surface area (Å²) in [6.07, 6.45) is 1.64. The van der Waals surface area contributed by atoms with Crippen molar-refractivity contribution in [2.75, 3.05) is 12.4 Å². The van der Waals surface area contributed by atoms with Crippen LogP contribution in [0.4, 0.5) is 5.69 Å². The van der Waals surface area contributed by atoms with Crippen LogP contribution in [0.25, 0.3) is 0 Å². The Morgan fingerprint density at radius 2 is 1.88 bits per heavy atom. The number of benzene rings is 2. The van der Waals surface area contributed by atoms with Crippen LogP contribution in [-0.4, -0.2) is 25.1 Å². The minimum atomic E-state index is -0.330. The lowest BCUT2D eigenvalue weighted by molar-refractivity contribution is -0.124. The van der Waals surface area contributed by atoms with Crippen LogP contribution >= 0.6 is 15.9 Å². The molecule has 130 valence electrons. The number of nitrogens with zero attached hydrogens (tertiary/aromatic N) is 1. The van der Waals surface area contributed by atoms with Crippen molar-refractivity contribution < 1.29 is 14.3 Å². The summed E-state index contributed by atoms with van der Waals surface area (Å²) in [5, 5.41) is 6.60. The van der Waals surface area contributed by atoms with Crippen LogP contribution in [0.2, 0.25) is 0 Å². The quantitative estimate of drug-likeness (QED) is 0.549. The molecule has 7 heteroatoms. The van der Waals surface area contributed by atoms with E-state index in [0.29, 0.717) is 11.4 Å². The SMILES string of the molecule is COc1cccc(/C=N/NC(=O)CCC(=O)Nc2cccc(Br)c2)c1. The van der Waals surface area contributed by atoms with Gasteiger partial charge in [0.25, 0.3) is 0 Å². The first-order valence-corrected chi connectivity index (χ1v) is 8.37. The summed E-state index contributed by atoms with van der Waals surface area (Å²) in [5.41, 5.74) is 3.87. The van der Waals surface area contributed by atoms with E-state index in [0.717, 1.165) is 10.0 Å². The van der Waals surface area contributed by atoms with Crippen LogP contribution in [0, 0.1) is 0 Å². The van der Waals surface area contributed by atoms with Crippen LogP contribution in [-0.2, 0) is 9.59 Å². The van der Waals surface area contributed by atoms with E-state index in [1.54, 1.807) is 25.3 Å². The number of rotatable bonds is 7. The van der Waals surface area contributed by atoms with Gasteiger partial charge in [-0.3, -0.25) is 9.59 Å². The zero-order valence-electron chi connectivity index (χ0n) is 13.7. The highest BCUT2D eigenvalue weighted by molar-refractivity contribution is 9.10. The Morgan fingerprint density at radius 3 is 2.64 bits per heavy atom. The van der Waals surface area contributed by atoms with Crippen molar-refractivity contribution in [3.8, 4) is 5.75 Å². The summed E-state index contributed by atoms with van der Waals surface area (Å²) < 4.78 is 5.98. The molecule has 0 spiro atoms. The second kappa shape index (κ2) is 9.58. The first-order chi connectivity index (χ1) is 12.1. The van der Waals surface area contributed by atoms with E-state index in [-0.39, 0.29) is 24.7 Å². The summed E-state index contributed by atoms with van der Waals surface area (Å²) in [6, 6.07) is 14.5. The van der Waals surface area contributed by atoms with E-state index in [1.165, 1.54) is 6.21 Å². The summed E-state index contributed by atoms with van der Waals surface area (Å²) in [4.78, 5) is 23.6. The Balaban J connectivity index is 1.74. The molecule has 0 aliphatic rings. The zero-order chi connectivity index (χ0) is 18.1. The van der Waals surface area contributed by atoms with E-state index in [4.69, 9.17) is 4.74 Å². The minimum Gasteiger partial charge on any atom is -0.497 e. The van der Waals surface area contributed by atoms with Gasteiger partial charge in [0.05, 0.1) is 13.3 Å². The molecule has 0 bridgehead atoms. The van der Waals surface area contributed by atoms with Gasteiger partial charge in [0.2, 0.25) is 11.8 Å². The van der Waals surface area contributed by atoms with Crippen LogP contribution in [0.1, 0.15) is 18.4 Å². The number of carbonyl (C=O) groups is 2. The fourth-order valence-corrected chi connectivity index (χ4v) is 2.37. The lowest BCUT2D eigenvalue weighted by Gasteiger charge is -2.05. The van der Waals surface area contributed by atoms with Gasteiger partial charge in [0.1, 0.15) is 5.75 Å². The van der Waals surface area contributed by atoms with Crippen LogP contribution in [0.15, 0.2) is 58.1 Å². The lowest BCUT2D eigenvalue weighted by Crippen LogP contribution is -2.20. The fourth-order valence-electron chi connectivity index (χ4n) is 1.97. The first kappa shape index (κ1) is 18.7. The molecule has 2 aromatic carbocycles. The summed E-state index contributed by atoms with van der Waals surface area (Å²) in [7, 11) is 1.58. The number of ether oxygens (including phenoxy) is 1. The number of methoxy groups -OCH3 is 1. The van der Waals surface area contributed by atoms with E-state index in [9.17, 15) is 9.59 Å². The highest BCUT2D eigenvalue weighted by atomic mass is 79.9. The number of anilines is 1. The van der Waals surface area contributed by atoms with Crippen molar-refractivity contribution >= 4 is 39.6 Å². The predicted molar refractivity (Wildman–Crippen MR) is 101 cm³/mol. The first-order valence-electron chi connectivity index (χ1n) is 7.58. The van der Waals surface area contributed by atoms with Crippen molar-refractivity contribution in [1.82, 2.24) is 5.43 Å². The number of amides is 2. The molecule has 0 heterocycles. The predicted octanol–water partition coefficient (Wildman–Crippen LogP) is 3.33. The van der Waals surface area contributed by atoms with Crippen molar-refractivity contribution in [3.63, 3.8) is 0 Å². The second-order valence-electron chi connectivity index (χ2n) is 5.13. The van der Waals surface area contributed by atoms with Gasteiger partial charge in [-0.15, -0.1) is 0 Å². The standard InChI is InChI=1S/C18H18BrN3O3/c1-25-16-7-2-4-13(10-16)12-20-22-18(24)9-8-17(23)21-15-6-3-5-14(19)11-15/h2-7,10-12H,8-9H2,1H3,(H,21,23)(H,22,24)/b20-12+. The van der Waals surface area contributed by atoms with E-state index in [2.05, 4.69) is 31.8 Å². The van der Waals surface area contributed by atoms with Gasteiger partial charge in [-0.05, 0) is 35.9 Å². The molecule has 2 rings (SSSR count). The Kier molecular flexibility index (Phi) is 7.16. The van der Waals surface area contributed by atoms with Gasteiger partial charge in [0, 0.05) is 23.0 Å². The third-order valence-electron chi connectivity index (χ3n) is 3.18. The fraction of sp³-hybridized carbons (Fsp3) is 0.167. The molecular formula is C18H18BrN3O3. The van der Waals surface area contributed by atoms with Gasteiger partial charge in [0.15, 0.2) is 0 Å². The highest BCUT2D eigenvalue weighted by Gasteiger charge is 2.07. The topological polar surface area (TPSA) is 79.8 Å². The van der Waals surface area contributed by atoms with Crippen molar-refractivity contribution in [3.05, 3.63) is 58.6 Å². The summed E-state index contributed by atoms with van der Waals surface area (Å²) >= 11 is 3.33. The van der Waals surface area contributed by atoms with Gasteiger partial charge in [-0.2, -0.15) is 5.10 Å². The number of hydrogen-bond acceptors (Lipinski definition) is 4. The van der Waals surface area contributed by atoms with Crippen molar-refractivity contribution in [2.24, 2.45) is 5.10 Å². The third-order valence-corrected chi connectivity index (χ3v) is 3.68. The number of hydrazone groups is 1. The Hall–Kier alpha value is -2.67. The minimum absolute atomic E-state index is 0.0509. The largest absolute Gasteiger partial charge is 0.497 e.